The molecule has 3 nitrogen and oxygen atoms in total. The van der Waals surface area contributed by atoms with Gasteiger partial charge in [-0.25, -0.2) is 9.97 Å². The van der Waals surface area contributed by atoms with E-state index in [2.05, 4.69) is 23.8 Å². The summed E-state index contributed by atoms with van der Waals surface area (Å²) in [6.45, 7) is 4.22. The van der Waals surface area contributed by atoms with Crippen molar-refractivity contribution in [3.8, 4) is 0 Å². The van der Waals surface area contributed by atoms with E-state index in [0.717, 1.165) is 27.0 Å². The molecule has 0 aromatic carbocycles. The van der Waals surface area contributed by atoms with Gasteiger partial charge in [-0.15, -0.1) is 11.3 Å². The lowest BCUT2D eigenvalue weighted by Crippen LogP contribution is -2.01. The number of nitrogens with two attached hydrogens (primary N) is 1. The highest BCUT2D eigenvalue weighted by atomic mass is 32.2. The molecule has 3 rings (SSSR count). The largest absolute Gasteiger partial charge is 0.383 e. The van der Waals surface area contributed by atoms with E-state index in [1.54, 1.807) is 11.3 Å². The molecule has 0 atom stereocenters. The fourth-order valence-electron chi connectivity index (χ4n) is 2.64. The van der Waals surface area contributed by atoms with Crippen LogP contribution in [0.25, 0.3) is 10.2 Å². The molecule has 1 aliphatic carbocycles. The maximum Gasteiger partial charge on any atom is 0.142 e. The molecule has 2 N–H and O–H groups in total. The first-order valence-corrected chi connectivity index (χ1v) is 8.65. The third kappa shape index (κ3) is 2.58. The predicted octanol–water partition coefficient (Wildman–Crippen LogP) is 4.07. The number of hydrogen-bond donors (Lipinski definition) is 1. The average Bonchev–Trinajstić information content (AvgIpc) is 2.96. The molecule has 0 aliphatic heterocycles. The van der Waals surface area contributed by atoms with E-state index in [0.29, 0.717) is 5.82 Å². The highest BCUT2D eigenvalue weighted by Gasteiger charge is 2.17. The number of hydrogen-bond acceptors (Lipinski definition) is 5. The summed E-state index contributed by atoms with van der Waals surface area (Å²) in [6, 6.07) is 0. The summed E-state index contributed by atoms with van der Waals surface area (Å²) in [4.78, 5) is 11.5. The van der Waals surface area contributed by atoms with Crippen LogP contribution in [0, 0.1) is 13.8 Å². The normalized spacial score (nSPS) is 16.5. The number of rotatable bonds is 3. The molecule has 0 saturated heterocycles. The van der Waals surface area contributed by atoms with Crippen molar-refractivity contribution in [1.82, 2.24) is 9.97 Å². The van der Waals surface area contributed by atoms with Crippen molar-refractivity contribution < 1.29 is 0 Å². The Hall–Kier alpha value is -0.810. The second kappa shape index (κ2) is 5.29. The molecule has 2 aromatic rings. The minimum absolute atomic E-state index is 0.647. The second-order valence-electron chi connectivity index (χ2n) is 5.21. The topological polar surface area (TPSA) is 51.8 Å². The van der Waals surface area contributed by atoms with Crippen LogP contribution in [0.3, 0.4) is 0 Å². The minimum Gasteiger partial charge on any atom is -0.383 e. The van der Waals surface area contributed by atoms with Gasteiger partial charge in [0.25, 0.3) is 0 Å². The molecular weight excluding hydrogens is 274 g/mol. The van der Waals surface area contributed by atoms with Crippen LogP contribution in [-0.4, -0.2) is 15.2 Å². The zero-order valence-corrected chi connectivity index (χ0v) is 13.0. The Morgan fingerprint density at radius 3 is 2.74 bits per heavy atom. The first-order chi connectivity index (χ1) is 9.15. The molecule has 2 aromatic heterocycles. The maximum absolute atomic E-state index is 6.10. The Morgan fingerprint density at radius 1 is 1.26 bits per heavy atom. The number of aryl methyl sites for hydroxylation is 2. The standard InChI is InChI=1S/C14H19N3S2/c1-8-9(2)19-14-12(8)13(15)16-11(17-14)7-18-10-5-3-4-6-10/h10H,3-7H2,1-2H3,(H2,15,16,17). The van der Waals surface area contributed by atoms with Crippen LogP contribution in [0.2, 0.25) is 0 Å². The summed E-state index contributed by atoms with van der Waals surface area (Å²) >= 11 is 3.71. The molecule has 0 spiro atoms. The van der Waals surface area contributed by atoms with Crippen LogP contribution < -0.4 is 5.73 Å². The summed E-state index contributed by atoms with van der Waals surface area (Å²) in [6.07, 6.45) is 5.45. The Balaban J connectivity index is 1.84. The second-order valence-corrected chi connectivity index (χ2v) is 7.70. The minimum atomic E-state index is 0.647. The quantitative estimate of drug-likeness (QED) is 0.927. The summed E-state index contributed by atoms with van der Waals surface area (Å²) in [7, 11) is 0. The van der Waals surface area contributed by atoms with E-state index in [4.69, 9.17) is 5.73 Å². The third-order valence-corrected chi connectivity index (χ3v) is 6.32. The highest BCUT2D eigenvalue weighted by Crippen LogP contribution is 2.34. The maximum atomic E-state index is 6.10. The first-order valence-electron chi connectivity index (χ1n) is 6.79. The third-order valence-electron chi connectivity index (χ3n) is 3.85. The van der Waals surface area contributed by atoms with Gasteiger partial charge in [0.05, 0.1) is 11.1 Å². The van der Waals surface area contributed by atoms with Crippen molar-refractivity contribution in [3.63, 3.8) is 0 Å². The smallest absolute Gasteiger partial charge is 0.142 e. The van der Waals surface area contributed by atoms with Gasteiger partial charge in [-0.1, -0.05) is 12.8 Å². The van der Waals surface area contributed by atoms with E-state index in [1.807, 2.05) is 11.8 Å². The van der Waals surface area contributed by atoms with Crippen LogP contribution in [0.1, 0.15) is 41.9 Å². The molecule has 5 heteroatoms. The fourth-order valence-corrected chi connectivity index (χ4v) is 4.87. The van der Waals surface area contributed by atoms with E-state index in [9.17, 15) is 0 Å². The van der Waals surface area contributed by atoms with E-state index in [-0.39, 0.29) is 0 Å². The number of thioether (sulfide) groups is 1. The van der Waals surface area contributed by atoms with Crippen LogP contribution in [0.5, 0.6) is 0 Å². The van der Waals surface area contributed by atoms with Crippen molar-refractivity contribution in [2.45, 2.75) is 50.5 Å². The molecule has 1 fully saturated rings. The van der Waals surface area contributed by atoms with Gasteiger partial charge in [-0.2, -0.15) is 11.8 Å². The molecule has 1 aliphatic rings. The molecule has 0 bridgehead atoms. The van der Waals surface area contributed by atoms with E-state index < -0.39 is 0 Å². The van der Waals surface area contributed by atoms with Crippen molar-refractivity contribution in [2.24, 2.45) is 0 Å². The number of fused-ring (bicyclic) bond motifs is 1. The number of aromatic nitrogens is 2. The lowest BCUT2D eigenvalue weighted by molar-refractivity contribution is 0.886. The van der Waals surface area contributed by atoms with E-state index in [1.165, 1.54) is 36.1 Å². The van der Waals surface area contributed by atoms with Gasteiger partial charge in [0, 0.05) is 10.1 Å². The Kier molecular flexibility index (Phi) is 3.67. The van der Waals surface area contributed by atoms with Gasteiger partial charge in [0.15, 0.2) is 0 Å². The molecular formula is C14H19N3S2. The molecule has 1 saturated carbocycles. The molecule has 0 radical (unpaired) electrons. The van der Waals surface area contributed by atoms with Gasteiger partial charge < -0.3 is 5.73 Å². The molecule has 0 amide bonds. The van der Waals surface area contributed by atoms with Crippen molar-refractivity contribution in [2.75, 3.05) is 5.73 Å². The summed E-state index contributed by atoms with van der Waals surface area (Å²) in [5.41, 5.74) is 7.33. The van der Waals surface area contributed by atoms with E-state index >= 15 is 0 Å². The van der Waals surface area contributed by atoms with Gasteiger partial charge in [-0.3, -0.25) is 0 Å². The van der Waals surface area contributed by atoms with Crippen LogP contribution in [0.15, 0.2) is 0 Å². The van der Waals surface area contributed by atoms with Crippen molar-refractivity contribution in [1.29, 1.82) is 0 Å². The summed E-state index contributed by atoms with van der Waals surface area (Å²) in [5.74, 6) is 2.43. The zero-order chi connectivity index (χ0) is 13.4. The Bertz CT molecular complexity index is 600. The predicted molar refractivity (Wildman–Crippen MR) is 84.9 cm³/mol. The fraction of sp³-hybridized carbons (Fsp3) is 0.571. The Labute approximate surface area is 122 Å². The first kappa shape index (κ1) is 13.2. The highest BCUT2D eigenvalue weighted by molar-refractivity contribution is 7.99. The molecule has 102 valence electrons. The van der Waals surface area contributed by atoms with Crippen molar-refractivity contribution >= 4 is 39.1 Å². The number of anilines is 1. The monoisotopic (exact) mass is 293 g/mol. The van der Waals surface area contributed by atoms with Gasteiger partial charge in [0.1, 0.15) is 16.5 Å². The molecule has 19 heavy (non-hydrogen) atoms. The van der Waals surface area contributed by atoms with Crippen LogP contribution in [0.4, 0.5) is 5.82 Å². The van der Waals surface area contributed by atoms with Gasteiger partial charge in [0.2, 0.25) is 0 Å². The SMILES string of the molecule is Cc1sc2nc(CSC3CCCC3)nc(N)c2c1C. The van der Waals surface area contributed by atoms with Crippen LogP contribution >= 0.6 is 23.1 Å². The Morgan fingerprint density at radius 2 is 2.00 bits per heavy atom. The number of thiophene rings is 1. The van der Waals surface area contributed by atoms with Gasteiger partial charge >= 0.3 is 0 Å². The zero-order valence-electron chi connectivity index (χ0n) is 11.4. The molecule has 0 unspecified atom stereocenters. The average molecular weight is 293 g/mol. The number of nitrogen functional groups attached to an aromatic ring is 1. The lowest BCUT2D eigenvalue weighted by Gasteiger charge is -2.08. The summed E-state index contributed by atoms with van der Waals surface area (Å²) < 4.78 is 0. The summed E-state index contributed by atoms with van der Waals surface area (Å²) in [5, 5.41) is 1.85. The van der Waals surface area contributed by atoms with Crippen LogP contribution in [-0.2, 0) is 5.75 Å². The number of nitrogens with zero attached hydrogens (tertiary/aromatic N) is 2. The van der Waals surface area contributed by atoms with Gasteiger partial charge in [-0.05, 0) is 32.3 Å². The van der Waals surface area contributed by atoms with Crippen molar-refractivity contribution in [3.05, 3.63) is 16.3 Å². The lowest BCUT2D eigenvalue weighted by atomic mass is 10.2. The molecule has 2 heterocycles.